The summed E-state index contributed by atoms with van der Waals surface area (Å²) in [5, 5.41) is 9.13. The van der Waals surface area contributed by atoms with E-state index in [2.05, 4.69) is 24.3 Å². The van der Waals surface area contributed by atoms with Crippen LogP contribution in [-0.4, -0.2) is 23.3 Å². The second-order valence-electron chi connectivity index (χ2n) is 7.52. The van der Waals surface area contributed by atoms with Gasteiger partial charge in [-0.1, -0.05) is 36.4 Å². The van der Waals surface area contributed by atoms with Gasteiger partial charge in [0.15, 0.2) is 0 Å². The first-order valence-electron chi connectivity index (χ1n) is 8.83. The number of carbonyl (C=O) groups is 1. The number of aliphatic carboxylic acids is 1. The molecular weight excluding hydrogens is 314 g/mol. The summed E-state index contributed by atoms with van der Waals surface area (Å²) in [6, 6.07) is 16.6. The van der Waals surface area contributed by atoms with E-state index in [0.717, 1.165) is 36.9 Å². The topological polar surface area (TPSA) is 72.6 Å². The van der Waals surface area contributed by atoms with Gasteiger partial charge < -0.3 is 15.6 Å². The lowest BCUT2D eigenvalue weighted by molar-refractivity contribution is -0.174. The number of carboxylic acids is 1. The summed E-state index contributed by atoms with van der Waals surface area (Å²) in [7, 11) is 0. The number of hydrogen-bond acceptors (Lipinski definition) is 3. The third kappa shape index (κ3) is 2.91. The van der Waals surface area contributed by atoms with E-state index in [0.29, 0.717) is 6.61 Å². The fraction of sp³-hybridized carbons (Fsp3) is 0.381. The van der Waals surface area contributed by atoms with Crippen LogP contribution in [0.2, 0.25) is 0 Å². The molecule has 2 aromatic carbocycles. The molecule has 1 saturated carbocycles. The van der Waals surface area contributed by atoms with Gasteiger partial charge in [-0.25, -0.2) is 0 Å². The predicted molar refractivity (Wildman–Crippen MR) is 97.4 cm³/mol. The van der Waals surface area contributed by atoms with Crippen molar-refractivity contribution in [3.8, 4) is 11.1 Å². The van der Waals surface area contributed by atoms with Crippen molar-refractivity contribution in [2.45, 2.75) is 43.1 Å². The summed E-state index contributed by atoms with van der Waals surface area (Å²) in [5.74, 6) is -0.762. The third-order valence-corrected chi connectivity index (χ3v) is 5.99. The Morgan fingerprint density at radius 2 is 1.52 bits per heavy atom. The normalized spacial score (nSPS) is 28.0. The predicted octanol–water partition coefficient (Wildman–Crippen LogP) is 3.99. The lowest BCUT2D eigenvalue weighted by Crippen LogP contribution is -2.54. The largest absolute Gasteiger partial charge is 0.481 e. The maximum Gasteiger partial charge on any atom is 0.306 e. The number of nitrogens with two attached hydrogens (primary N) is 1. The van der Waals surface area contributed by atoms with Crippen LogP contribution in [0.15, 0.2) is 48.5 Å². The smallest absolute Gasteiger partial charge is 0.306 e. The number of anilines is 1. The molecule has 130 valence electrons. The molecule has 0 aromatic heterocycles. The summed E-state index contributed by atoms with van der Waals surface area (Å²) < 4.78 is 6.07. The summed E-state index contributed by atoms with van der Waals surface area (Å²) in [4.78, 5) is 11.1. The maximum atomic E-state index is 11.1. The van der Waals surface area contributed by atoms with Crippen molar-refractivity contribution in [1.29, 1.82) is 0 Å². The van der Waals surface area contributed by atoms with E-state index in [-0.39, 0.29) is 11.8 Å². The summed E-state index contributed by atoms with van der Waals surface area (Å²) in [6.07, 6.45) is 3.79. The number of carboxylic acid groups (broad SMARTS) is 1. The second kappa shape index (κ2) is 5.88. The van der Waals surface area contributed by atoms with E-state index in [9.17, 15) is 4.79 Å². The molecule has 2 heterocycles. The molecule has 3 fully saturated rings. The molecule has 3 aliphatic rings. The molecule has 4 heteroatoms. The van der Waals surface area contributed by atoms with Gasteiger partial charge in [-0.3, -0.25) is 4.79 Å². The van der Waals surface area contributed by atoms with Crippen molar-refractivity contribution in [3.05, 3.63) is 54.1 Å². The first kappa shape index (κ1) is 16.2. The maximum absolute atomic E-state index is 11.1. The molecule has 5 rings (SSSR count). The van der Waals surface area contributed by atoms with E-state index in [1.807, 2.05) is 24.3 Å². The Hall–Kier alpha value is -2.33. The van der Waals surface area contributed by atoms with Gasteiger partial charge in [0.2, 0.25) is 0 Å². The average molecular weight is 337 g/mol. The molecule has 25 heavy (non-hydrogen) atoms. The number of ether oxygens (including phenoxy) is 1. The molecule has 2 aromatic rings. The zero-order chi connectivity index (χ0) is 17.5. The van der Waals surface area contributed by atoms with Crippen LogP contribution in [0.1, 0.15) is 37.7 Å². The van der Waals surface area contributed by atoms with Gasteiger partial charge in [-0.05, 0) is 54.5 Å². The van der Waals surface area contributed by atoms with E-state index in [1.165, 1.54) is 11.1 Å². The fourth-order valence-corrected chi connectivity index (χ4v) is 4.33. The van der Waals surface area contributed by atoms with Crippen LogP contribution >= 0.6 is 0 Å². The van der Waals surface area contributed by atoms with Gasteiger partial charge in [0, 0.05) is 11.1 Å². The standard InChI is InChI=1S/C21H23NO3/c22-18-7-3-16(4-8-18)15-1-5-17(6-2-15)20-9-11-21(12-10-20,25-14-20)13-19(23)24/h1-8H,9-14,22H2,(H,23,24). The summed E-state index contributed by atoms with van der Waals surface area (Å²) >= 11 is 0. The summed E-state index contributed by atoms with van der Waals surface area (Å²) in [5.41, 5.74) is 9.76. The Balaban J connectivity index is 1.53. The molecule has 1 aliphatic carbocycles. The SMILES string of the molecule is Nc1ccc(-c2ccc(C34CCC(CC(=O)O)(CC3)OC4)cc2)cc1. The second-order valence-corrected chi connectivity index (χ2v) is 7.52. The minimum Gasteiger partial charge on any atom is -0.481 e. The lowest BCUT2D eigenvalue weighted by Gasteiger charge is -2.53. The number of rotatable bonds is 4. The Bertz CT molecular complexity index is 755. The molecule has 2 bridgehead atoms. The minimum atomic E-state index is -0.762. The van der Waals surface area contributed by atoms with Gasteiger partial charge >= 0.3 is 5.97 Å². The van der Waals surface area contributed by atoms with Crippen LogP contribution in [0, 0.1) is 0 Å². The fourth-order valence-electron chi connectivity index (χ4n) is 4.33. The zero-order valence-electron chi connectivity index (χ0n) is 14.2. The third-order valence-electron chi connectivity index (χ3n) is 5.99. The minimum absolute atomic E-state index is 0.0416. The van der Waals surface area contributed by atoms with Crippen LogP contribution in [0.4, 0.5) is 5.69 Å². The Kier molecular flexibility index (Phi) is 3.80. The van der Waals surface area contributed by atoms with Gasteiger partial charge in [-0.15, -0.1) is 0 Å². The molecular formula is C21H23NO3. The first-order chi connectivity index (χ1) is 12.0. The number of fused-ring (bicyclic) bond motifs is 3. The number of benzene rings is 2. The summed E-state index contributed by atoms with van der Waals surface area (Å²) in [6.45, 7) is 0.626. The average Bonchev–Trinajstić information content (AvgIpc) is 2.63. The van der Waals surface area contributed by atoms with Crippen molar-refractivity contribution in [1.82, 2.24) is 0 Å². The van der Waals surface area contributed by atoms with Crippen molar-refractivity contribution in [3.63, 3.8) is 0 Å². The molecule has 0 spiro atoms. The van der Waals surface area contributed by atoms with Crippen LogP contribution in [0.5, 0.6) is 0 Å². The molecule has 0 unspecified atom stereocenters. The van der Waals surface area contributed by atoms with Crippen molar-refractivity contribution < 1.29 is 14.6 Å². The van der Waals surface area contributed by atoms with Crippen molar-refractivity contribution in [2.75, 3.05) is 12.3 Å². The highest BCUT2D eigenvalue weighted by Gasteiger charge is 2.51. The van der Waals surface area contributed by atoms with Crippen LogP contribution in [-0.2, 0) is 14.9 Å². The first-order valence-corrected chi connectivity index (χ1v) is 8.83. The van der Waals surface area contributed by atoms with Crippen LogP contribution in [0.25, 0.3) is 11.1 Å². The van der Waals surface area contributed by atoms with E-state index in [4.69, 9.17) is 15.6 Å². The van der Waals surface area contributed by atoms with Gasteiger partial charge in [0.25, 0.3) is 0 Å². The van der Waals surface area contributed by atoms with Gasteiger partial charge in [0.05, 0.1) is 18.6 Å². The van der Waals surface area contributed by atoms with E-state index >= 15 is 0 Å². The van der Waals surface area contributed by atoms with Crippen LogP contribution in [0.3, 0.4) is 0 Å². The number of nitrogen functional groups attached to an aromatic ring is 1. The lowest BCUT2D eigenvalue weighted by atomic mass is 9.62. The Morgan fingerprint density at radius 1 is 0.960 bits per heavy atom. The molecule has 2 saturated heterocycles. The molecule has 2 aliphatic heterocycles. The van der Waals surface area contributed by atoms with Crippen molar-refractivity contribution >= 4 is 11.7 Å². The highest BCUT2D eigenvalue weighted by atomic mass is 16.5. The molecule has 4 nitrogen and oxygen atoms in total. The highest BCUT2D eigenvalue weighted by Crippen LogP contribution is 2.51. The molecule has 3 N–H and O–H groups in total. The molecule has 0 radical (unpaired) electrons. The monoisotopic (exact) mass is 337 g/mol. The van der Waals surface area contributed by atoms with Crippen LogP contribution < -0.4 is 5.73 Å². The van der Waals surface area contributed by atoms with Gasteiger partial charge in [-0.2, -0.15) is 0 Å². The highest BCUT2D eigenvalue weighted by molar-refractivity contribution is 5.68. The zero-order valence-corrected chi connectivity index (χ0v) is 14.2. The number of hydrogen-bond donors (Lipinski definition) is 2. The van der Waals surface area contributed by atoms with Gasteiger partial charge in [0.1, 0.15) is 0 Å². The van der Waals surface area contributed by atoms with Crippen molar-refractivity contribution in [2.24, 2.45) is 0 Å². The van der Waals surface area contributed by atoms with E-state index < -0.39 is 11.6 Å². The molecule has 0 atom stereocenters. The quantitative estimate of drug-likeness (QED) is 0.827. The Labute approximate surface area is 147 Å². The van der Waals surface area contributed by atoms with E-state index in [1.54, 1.807) is 0 Å². The molecule has 0 amide bonds. The Morgan fingerprint density at radius 3 is 2.00 bits per heavy atom.